The van der Waals surface area contributed by atoms with Crippen LogP contribution in [-0.4, -0.2) is 26.4 Å². The smallest absolute Gasteiger partial charge is 0.234 e. The maximum atomic E-state index is 12.9. The number of thioether (sulfide) groups is 1. The van der Waals surface area contributed by atoms with Crippen LogP contribution in [0.25, 0.3) is 0 Å². The number of carbonyl (C=O) groups excluding carboxylic acids is 1. The number of benzene rings is 2. The van der Waals surface area contributed by atoms with Gasteiger partial charge in [0.05, 0.1) is 10.8 Å². The van der Waals surface area contributed by atoms with Gasteiger partial charge in [0.15, 0.2) is 11.0 Å². The third-order valence-electron chi connectivity index (χ3n) is 3.58. The van der Waals surface area contributed by atoms with Crippen LogP contribution in [0.4, 0.5) is 10.1 Å². The van der Waals surface area contributed by atoms with Crippen LogP contribution in [0.3, 0.4) is 0 Å². The van der Waals surface area contributed by atoms with Crippen LogP contribution < -0.4 is 10.1 Å². The molecule has 1 N–H and O–H groups in total. The molecule has 0 aliphatic heterocycles. The van der Waals surface area contributed by atoms with Crippen LogP contribution in [-0.2, 0) is 18.4 Å². The van der Waals surface area contributed by atoms with Crippen molar-refractivity contribution in [3.8, 4) is 5.75 Å². The topological polar surface area (TPSA) is 69.0 Å². The summed E-state index contributed by atoms with van der Waals surface area (Å²) in [6, 6.07) is 12.8. The molecule has 2 aromatic carbocycles. The Bertz CT molecular complexity index is 933. The highest BCUT2D eigenvalue weighted by Gasteiger charge is 2.13. The molecule has 3 rings (SSSR count). The fourth-order valence-electron chi connectivity index (χ4n) is 2.16. The molecule has 0 unspecified atom stereocenters. The van der Waals surface area contributed by atoms with E-state index in [0.29, 0.717) is 27.4 Å². The standard InChI is InChI=1S/C18H16ClFN4O2S/c1-24-16(10-26-15-5-3-2-4-14(15)19)22-23-18(24)27-11-17(25)21-13-8-6-12(20)7-9-13/h2-9H,10-11H2,1H3,(H,21,25). The summed E-state index contributed by atoms with van der Waals surface area (Å²) in [4.78, 5) is 12.0. The van der Waals surface area contributed by atoms with Gasteiger partial charge in [-0.15, -0.1) is 10.2 Å². The molecule has 1 amide bonds. The van der Waals surface area contributed by atoms with Crippen molar-refractivity contribution < 1.29 is 13.9 Å². The van der Waals surface area contributed by atoms with Crippen LogP contribution in [0.2, 0.25) is 5.02 Å². The molecule has 0 bridgehead atoms. The van der Waals surface area contributed by atoms with E-state index >= 15 is 0 Å². The van der Waals surface area contributed by atoms with E-state index in [1.807, 2.05) is 12.1 Å². The third kappa shape index (κ3) is 5.21. The molecule has 140 valence electrons. The monoisotopic (exact) mass is 406 g/mol. The number of nitrogens with one attached hydrogen (secondary N) is 1. The minimum atomic E-state index is -0.354. The predicted octanol–water partition coefficient (Wildman–Crippen LogP) is 3.92. The summed E-state index contributed by atoms with van der Waals surface area (Å²) in [5.41, 5.74) is 0.536. The first kappa shape index (κ1) is 19.2. The van der Waals surface area contributed by atoms with Gasteiger partial charge in [0.25, 0.3) is 0 Å². The van der Waals surface area contributed by atoms with Crippen molar-refractivity contribution in [1.29, 1.82) is 0 Å². The van der Waals surface area contributed by atoms with Crippen LogP contribution >= 0.6 is 23.4 Å². The number of aromatic nitrogens is 3. The first-order valence-corrected chi connectivity index (χ1v) is 9.33. The summed E-state index contributed by atoms with van der Waals surface area (Å²) in [6.45, 7) is 0.204. The molecule has 1 heterocycles. The first-order chi connectivity index (χ1) is 13.0. The second-order valence-corrected chi connectivity index (χ2v) is 6.87. The van der Waals surface area contributed by atoms with Gasteiger partial charge in [0.2, 0.25) is 5.91 Å². The van der Waals surface area contributed by atoms with Crippen LogP contribution in [0.15, 0.2) is 53.7 Å². The molecular formula is C18H16ClFN4O2S. The number of nitrogens with zero attached hydrogens (tertiary/aromatic N) is 3. The van der Waals surface area contributed by atoms with Gasteiger partial charge >= 0.3 is 0 Å². The number of ether oxygens (including phenoxy) is 1. The molecule has 0 atom stereocenters. The zero-order valence-electron chi connectivity index (χ0n) is 14.4. The molecule has 1 aromatic heterocycles. The van der Waals surface area contributed by atoms with E-state index in [1.165, 1.54) is 36.0 Å². The molecule has 0 aliphatic rings. The van der Waals surface area contributed by atoms with Crippen molar-refractivity contribution in [3.05, 3.63) is 65.2 Å². The largest absolute Gasteiger partial charge is 0.484 e. The number of anilines is 1. The van der Waals surface area contributed by atoms with Crippen molar-refractivity contribution in [2.75, 3.05) is 11.1 Å². The highest BCUT2D eigenvalue weighted by Crippen LogP contribution is 2.24. The average Bonchev–Trinajstić information content (AvgIpc) is 3.01. The summed E-state index contributed by atoms with van der Waals surface area (Å²) in [6.07, 6.45) is 0. The molecule has 3 aromatic rings. The molecule has 0 aliphatic carbocycles. The molecule has 9 heteroatoms. The van der Waals surface area contributed by atoms with Gasteiger partial charge < -0.3 is 14.6 Å². The maximum absolute atomic E-state index is 12.9. The Hall–Kier alpha value is -2.58. The number of amides is 1. The Balaban J connectivity index is 1.53. The Morgan fingerprint density at radius 2 is 1.96 bits per heavy atom. The molecule has 0 fully saturated rings. The molecule has 0 radical (unpaired) electrons. The van der Waals surface area contributed by atoms with Gasteiger partial charge in [-0.25, -0.2) is 4.39 Å². The SMILES string of the molecule is Cn1c(COc2ccccc2Cl)nnc1SCC(=O)Nc1ccc(F)cc1. The zero-order valence-corrected chi connectivity index (χ0v) is 15.9. The van der Waals surface area contributed by atoms with E-state index in [0.717, 1.165) is 0 Å². The van der Waals surface area contributed by atoms with E-state index in [-0.39, 0.29) is 24.1 Å². The van der Waals surface area contributed by atoms with Gasteiger partial charge in [-0.3, -0.25) is 4.79 Å². The molecule has 0 saturated carbocycles. The van der Waals surface area contributed by atoms with Gasteiger partial charge in [0.1, 0.15) is 18.2 Å². The molecular weight excluding hydrogens is 391 g/mol. The second-order valence-electron chi connectivity index (χ2n) is 5.52. The Labute approximate surface area is 164 Å². The summed E-state index contributed by atoms with van der Waals surface area (Å²) >= 11 is 7.30. The van der Waals surface area contributed by atoms with E-state index in [9.17, 15) is 9.18 Å². The Morgan fingerprint density at radius 1 is 1.22 bits per heavy atom. The molecule has 27 heavy (non-hydrogen) atoms. The number of carbonyl (C=O) groups is 1. The lowest BCUT2D eigenvalue weighted by molar-refractivity contribution is -0.113. The van der Waals surface area contributed by atoms with E-state index < -0.39 is 0 Å². The third-order valence-corrected chi connectivity index (χ3v) is 4.91. The second kappa shape index (κ2) is 8.88. The van der Waals surface area contributed by atoms with Crippen molar-refractivity contribution >= 4 is 35.0 Å². The number of hydrogen-bond acceptors (Lipinski definition) is 5. The summed E-state index contributed by atoms with van der Waals surface area (Å²) in [5, 5.41) is 12.0. The van der Waals surface area contributed by atoms with Crippen molar-refractivity contribution in [2.45, 2.75) is 11.8 Å². The van der Waals surface area contributed by atoms with Crippen molar-refractivity contribution in [2.24, 2.45) is 7.05 Å². The lowest BCUT2D eigenvalue weighted by Gasteiger charge is -2.08. The quantitative estimate of drug-likeness (QED) is 0.602. The minimum absolute atomic E-state index is 0.148. The Morgan fingerprint density at radius 3 is 2.70 bits per heavy atom. The van der Waals surface area contributed by atoms with Crippen LogP contribution in [0.5, 0.6) is 5.75 Å². The lowest BCUT2D eigenvalue weighted by Crippen LogP contribution is -2.14. The van der Waals surface area contributed by atoms with Crippen molar-refractivity contribution in [3.63, 3.8) is 0 Å². The lowest BCUT2D eigenvalue weighted by atomic mass is 10.3. The van der Waals surface area contributed by atoms with E-state index in [2.05, 4.69) is 15.5 Å². The normalized spacial score (nSPS) is 10.6. The fourth-order valence-corrected chi connectivity index (χ4v) is 3.08. The van der Waals surface area contributed by atoms with Crippen LogP contribution in [0.1, 0.15) is 5.82 Å². The van der Waals surface area contributed by atoms with Gasteiger partial charge in [-0.1, -0.05) is 35.5 Å². The summed E-state index contributed by atoms with van der Waals surface area (Å²) in [7, 11) is 1.80. The minimum Gasteiger partial charge on any atom is -0.484 e. The molecule has 6 nitrogen and oxygen atoms in total. The molecule has 0 spiro atoms. The first-order valence-electron chi connectivity index (χ1n) is 7.97. The number of hydrogen-bond donors (Lipinski definition) is 1. The van der Waals surface area contributed by atoms with Crippen LogP contribution in [0, 0.1) is 5.82 Å². The highest BCUT2D eigenvalue weighted by molar-refractivity contribution is 7.99. The highest BCUT2D eigenvalue weighted by atomic mass is 35.5. The average molecular weight is 407 g/mol. The van der Waals surface area contributed by atoms with Gasteiger partial charge in [0, 0.05) is 12.7 Å². The predicted molar refractivity (Wildman–Crippen MR) is 103 cm³/mol. The Kier molecular flexibility index (Phi) is 6.31. The fraction of sp³-hybridized carbons (Fsp3) is 0.167. The zero-order chi connectivity index (χ0) is 19.2. The van der Waals surface area contributed by atoms with Gasteiger partial charge in [-0.2, -0.15) is 0 Å². The van der Waals surface area contributed by atoms with E-state index in [4.69, 9.17) is 16.3 Å². The van der Waals surface area contributed by atoms with Crippen molar-refractivity contribution in [1.82, 2.24) is 14.8 Å². The number of halogens is 2. The number of para-hydroxylation sites is 1. The van der Waals surface area contributed by atoms with E-state index in [1.54, 1.807) is 23.7 Å². The summed E-state index contributed by atoms with van der Waals surface area (Å²) in [5.74, 6) is 0.747. The number of rotatable bonds is 7. The molecule has 0 saturated heterocycles. The maximum Gasteiger partial charge on any atom is 0.234 e. The van der Waals surface area contributed by atoms with Gasteiger partial charge in [-0.05, 0) is 36.4 Å². The summed E-state index contributed by atoms with van der Waals surface area (Å²) < 4.78 is 20.3.